The number of carbonyl (C=O) groups is 1. The smallest absolute Gasteiger partial charge is 0.292 e. The topological polar surface area (TPSA) is 90.1 Å². The van der Waals surface area contributed by atoms with Gasteiger partial charge in [0.25, 0.3) is 11.6 Å². The normalized spacial score (nSPS) is 10.2. The number of amides is 1. The third kappa shape index (κ3) is 2.73. The number of hydrogen-bond acceptors (Lipinski definition) is 4. The molecule has 1 heterocycles. The SMILES string of the molecule is Cn1cc(C(=O)Nc2cc(F)ccc2[N+](=O)[O-])cn1. The number of carbonyl (C=O) groups excluding carboxylic acids is 1. The minimum absolute atomic E-state index is 0.196. The van der Waals surface area contributed by atoms with Crippen molar-refractivity contribution in [2.75, 3.05) is 5.32 Å². The zero-order valence-corrected chi connectivity index (χ0v) is 9.83. The van der Waals surface area contributed by atoms with E-state index < -0.39 is 16.6 Å². The van der Waals surface area contributed by atoms with Crippen LogP contribution < -0.4 is 5.32 Å². The molecule has 0 aliphatic carbocycles. The highest BCUT2D eigenvalue weighted by Crippen LogP contribution is 2.25. The Bertz CT molecular complexity index is 653. The molecule has 0 atom stereocenters. The maximum atomic E-state index is 13.1. The molecule has 0 spiro atoms. The van der Waals surface area contributed by atoms with Crippen LogP contribution in [0.25, 0.3) is 0 Å². The molecule has 7 nitrogen and oxygen atoms in total. The number of anilines is 1. The fourth-order valence-electron chi connectivity index (χ4n) is 1.50. The van der Waals surface area contributed by atoms with E-state index in [2.05, 4.69) is 10.4 Å². The number of nitrogens with zero attached hydrogens (tertiary/aromatic N) is 3. The molecule has 0 saturated heterocycles. The molecule has 1 N–H and O–H groups in total. The molecule has 2 rings (SSSR count). The largest absolute Gasteiger partial charge is 0.316 e. The Labute approximate surface area is 106 Å². The second-order valence-electron chi connectivity index (χ2n) is 3.78. The average Bonchev–Trinajstić information content (AvgIpc) is 2.75. The molecule has 98 valence electrons. The molecule has 0 aliphatic rings. The molecule has 2 aromatic rings. The monoisotopic (exact) mass is 264 g/mol. The predicted octanol–water partition coefficient (Wildman–Crippen LogP) is 1.72. The number of aryl methyl sites for hydroxylation is 1. The summed E-state index contributed by atoms with van der Waals surface area (Å²) in [5, 5.41) is 16.9. The third-order valence-corrected chi connectivity index (χ3v) is 2.37. The molecule has 0 bridgehead atoms. The van der Waals surface area contributed by atoms with Crippen LogP contribution in [0, 0.1) is 15.9 Å². The van der Waals surface area contributed by atoms with E-state index in [0.717, 1.165) is 18.2 Å². The molecule has 0 radical (unpaired) electrons. The molecule has 1 aromatic carbocycles. The average molecular weight is 264 g/mol. The van der Waals surface area contributed by atoms with Crippen molar-refractivity contribution >= 4 is 17.3 Å². The first-order valence-corrected chi connectivity index (χ1v) is 5.21. The zero-order valence-electron chi connectivity index (χ0n) is 9.83. The summed E-state index contributed by atoms with van der Waals surface area (Å²) >= 11 is 0. The molecule has 0 fully saturated rings. The van der Waals surface area contributed by atoms with Crippen LogP contribution >= 0.6 is 0 Å². The first kappa shape index (κ1) is 12.7. The fraction of sp³-hybridized carbons (Fsp3) is 0.0909. The summed E-state index contributed by atoms with van der Waals surface area (Å²) in [5.41, 5.74) is -0.349. The summed E-state index contributed by atoms with van der Waals surface area (Å²) in [5.74, 6) is -1.27. The molecule has 1 aromatic heterocycles. The molecule has 19 heavy (non-hydrogen) atoms. The molecule has 0 unspecified atom stereocenters. The lowest BCUT2D eigenvalue weighted by Crippen LogP contribution is -2.12. The van der Waals surface area contributed by atoms with Gasteiger partial charge in [0.05, 0.1) is 16.7 Å². The van der Waals surface area contributed by atoms with Crippen LogP contribution in [0.4, 0.5) is 15.8 Å². The lowest BCUT2D eigenvalue weighted by Gasteiger charge is -2.04. The van der Waals surface area contributed by atoms with Crippen molar-refractivity contribution in [3.8, 4) is 0 Å². The first-order chi connectivity index (χ1) is 8.97. The number of nitro groups is 1. The van der Waals surface area contributed by atoms with Gasteiger partial charge in [-0.2, -0.15) is 5.10 Å². The van der Waals surface area contributed by atoms with E-state index in [4.69, 9.17) is 0 Å². The van der Waals surface area contributed by atoms with Gasteiger partial charge in [-0.25, -0.2) is 4.39 Å². The van der Waals surface area contributed by atoms with Gasteiger partial charge in [0.2, 0.25) is 0 Å². The lowest BCUT2D eigenvalue weighted by molar-refractivity contribution is -0.384. The van der Waals surface area contributed by atoms with Crippen molar-refractivity contribution in [3.05, 3.63) is 52.1 Å². The highest BCUT2D eigenvalue weighted by atomic mass is 19.1. The Morgan fingerprint density at radius 3 is 2.84 bits per heavy atom. The van der Waals surface area contributed by atoms with Gasteiger partial charge in [0.15, 0.2) is 0 Å². The number of benzene rings is 1. The van der Waals surface area contributed by atoms with Gasteiger partial charge in [0, 0.05) is 25.4 Å². The van der Waals surface area contributed by atoms with Gasteiger partial charge in [0.1, 0.15) is 11.5 Å². The van der Waals surface area contributed by atoms with Crippen molar-refractivity contribution in [1.29, 1.82) is 0 Å². The van der Waals surface area contributed by atoms with Crippen molar-refractivity contribution in [2.24, 2.45) is 7.05 Å². The van der Waals surface area contributed by atoms with E-state index in [1.54, 1.807) is 7.05 Å². The number of nitrogens with one attached hydrogen (secondary N) is 1. The highest BCUT2D eigenvalue weighted by Gasteiger charge is 2.18. The van der Waals surface area contributed by atoms with Crippen molar-refractivity contribution in [3.63, 3.8) is 0 Å². The van der Waals surface area contributed by atoms with E-state index in [-0.39, 0.29) is 16.9 Å². The number of halogens is 1. The first-order valence-electron chi connectivity index (χ1n) is 5.21. The zero-order chi connectivity index (χ0) is 14.0. The third-order valence-electron chi connectivity index (χ3n) is 2.37. The van der Waals surface area contributed by atoms with Gasteiger partial charge in [-0.3, -0.25) is 19.6 Å². The highest BCUT2D eigenvalue weighted by molar-refractivity contribution is 6.05. The van der Waals surface area contributed by atoms with Gasteiger partial charge in [-0.1, -0.05) is 0 Å². The molecular weight excluding hydrogens is 255 g/mol. The molecule has 1 amide bonds. The van der Waals surface area contributed by atoms with Crippen LogP contribution in [0.1, 0.15) is 10.4 Å². The predicted molar refractivity (Wildman–Crippen MR) is 64.2 cm³/mol. The fourth-order valence-corrected chi connectivity index (χ4v) is 1.50. The second kappa shape index (κ2) is 4.84. The summed E-state index contributed by atoms with van der Waals surface area (Å²) in [6.45, 7) is 0. The lowest BCUT2D eigenvalue weighted by atomic mass is 10.2. The van der Waals surface area contributed by atoms with Crippen LogP contribution in [0.3, 0.4) is 0 Å². The summed E-state index contributed by atoms with van der Waals surface area (Å²) in [7, 11) is 1.63. The van der Waals surface area contributed by atoms with Crippen molar-refractivity contribution < 1.29 is 14.1 Å². The van der Waals surface area contributed by atoms with Crippen LogP contribution in [0.15, 0.2) is 30.6 Å². The minimum Gasteiger partial charge on any atom is -0.316 e. The van der Waals surface area contributed by atoms with E-state index >= 15 is 0 Å². The molecule has 0 saturated carbocycles. The Balaban J connectivity index is 2.30. The summed E-state index contributed by atoms with van der Waals surface area (Å²) < 4.78 is 14.5. The number of nitro benzene ring substituents is 1. The summed E-state index contributed by atoms with van der Waals surface area (Å²) in [6, 6.07) is 2.85. The summed E-state index contributed by atoms with van der Waals surface area (Å²) in [4.78, 5) is 21.9. The number of rotatable bonds is 3. The van der Waals surface area contributed by atoms with Gasteiger partial charge < -0.3 is 5.32 Å². The molecule has 0 aliphatic heterocycles. The minimum atomic E-state index is -0.696. The quantitative estimate of drug-likeness (QED) is 0.675. The second-order valence-corrected chi connectivity index (χ2v) is 3.78. The van der Waals surface area contributed by atoms with E-state index in [1.165, 1.54) is 17.1 Å². The molecule has 8 heteroatoms. The van der Waals surface area contributed by atoms with E-state index in [9.17, 15) is 19.3 Å². The Morgan fingerprint density at radius 1 is 1.53 bits per heavy atom. The maximum Gasteiger partial charge on any atom is 0.292 e. The van der Waals surface area contributed by atoms with E-state index in [1.807, 2.05) is 0 Å². The van der Waals surface area contributed by atoms with Crippen LogP contribution in [0.2, 0.25) is 0 Å². The summed E-state index contributed by atoms with van der Waals surface area (Å²) in [6.07, 6.45) is 2.75. The van der Waals surface area contributed by atoms with Crippen LogP contribution in [0.5, 0.6) is 0 Å². The number of aromatic nitrogens is 2. The van der Waals surface area contributed by atoms with Gasteiger partial charge in [-0.15, -0.1) is 0 Å². The van der Waals surface area contributed by atoms with Gasteiger partial charge in [-0.05, 0) is 6.07 Å². The van der Waals surface area contributed by atoms with Crippen molar-refractivity contribution in [1.82, 2.24) is 9.78 Å². The Kier molecular flexibility index (Phi) is 3.23. The standard InChI is InChI=1S/C11H9FN4O3/c1-15-6-7(5-13-15)11(17)14-9-4-8(12)2-3-10(9)16(18)19/h2-6H,1H3,(H,14,17). The number of hydrogen-bond donors (Lipinski definition) is 1. The Hall–Kier alpha value is -2.77. The maximum absolute atomic E-state index is 13.1. The van der Waals surface area contributed by atoms with Crippen molar-refractivity contribution in [2.45, 2.75) is 0 Å². The van der Waals surface area contributed by atoms with Crippen LogP contribution in [-0.4, -0.2) is 20.6 Å². The van der Waals surface area contributed by atoms with Crippen LogP contribution in [-0.2, 0) is 7.05 Å². The van der Waals surface area contributed by atoms with E-state index in [0.29, 0.717) is 0 Å². The molecular formula is C11H9FN4O3. The Morgan fingerprint density at radius 2 is 2.26 bits per heavy atom. The van der Waals surface area contributed by atoms with Gasteiger partial charge >= 0.3 is 0 Å².